The molecule has 0 aromatic carbocycles. The molecule has 2 heterocycles. The van der Waals surface area contributed by atoms with Crippen LogP contribution < -0.4 is 10.6 Å². The Labute approximate surface area is 137 Å². The van der Waals surface area contributed by atoms with Crippen molar-refractivity contribution in [1.82, 2.24) is 10.6 Å². The molecule has 0 bridgehead atoms. The number of hydrogen-bond acceptors (Lipinski definition) is 4. The van der Waals surface area contributed by atoms with E-state index >= 15 is 0 Å². The van der Waals surface area contributed by atoms with Gasteiger partial charge in [0.15, 0.2) is 15.8 Å². The Morgan fingerprint density at radius 1 is 1.50 bits per heavy atom. The third-order valence-corrected chi connectivity index (χ3v) is 6.66. The summed E-state index contributed by atoms with van der Waals surface area (Å²) in [6.45, 7) is 4.90. The van der Waals surface area contributed by atoms with E-state index in [1.54, 1.807) is 7.05 Å². The predicted molar refractivity (Wildman–Crippen MR) is 93.5 cm³/mol. The van der Waals surface area contributed by atoms with Crippen LogP contribution in [-0.2, 0) is 16.3 Å². The minimum atomic E-state index is -2.81. The van der Waals surface area contributed by atoms with Crippen LogP contribution in [-0.4, -0.2) is 45.5 Å². The lowest BCUT2D eigenvalue weighted by Crippen LogP contribution is -2.44. The average Bonchev–Trinajstić information content (AvgIpc) is 3.00. The molecule has 1 aromatic rings. The van der Waals surface area contributed by atoms with Crippen molar-refractivity contribution in [3.05, 3.63) is 21.9 Å². The zero-order valence-corrected chi connectivity index (χ0v) is 15.1. The highest BCUT2D eigenvalue weighted by Gasteiger charge is 2.27. The molecule has 1 aromatic heterocycles. The first-order chi connectivity index (χ1) is 10.4. The minimum Gasteiger partial charge on any atom is -0.356 e. The van der Waals surface area contributed by atoms with Crippen LogP contribution in [0.15, 0.2) is 17.1 Å². The van der Waals surface area contributed by atoms with Crippen molar-refractivity contribution in [1.29, 1.82) is 0 Å². The zero-order valence-electron chi connectivity index (χ0n) is 13.4. The summed E-state index contributed by atoms with van der Waals surface area (Å²) >= 11 is 1.82. The maximum Gasteiger partial charge on any atom is 0.191 e. The summed E-state index contributed by atoms with van der Waals surface area (Å²) in [4.78, 5) is 6.90. The van der Waals surface area contributed by atoms with E-state index in [1.807, 2.05) is 11.3 Å². The van der Waals surface area contributed by atoms with Gasteiger partial charge in [-0.15, -0.1) is 11.3 Å². The van der Waals surface area contributed by atoms with Crippen LogP contribution in [0.1, 0.15) is 23.1 Å². The van der Waals surface area contributed by atoms with Gasteiger partial charge >= 0.3 is 0 Å². The van der Waals surface area contributed by atoms with E-state index in [1.165, 1.54) is 9.75 Å². The van der Waals surface area contributed by atoms with Crippen LogP contribution in [0.4, 0.5) is 0 Å². The Bertz CT molecular complexity index is 622. The van der Waals surface area contributed by atoms with Gasteiger partial charge < -0.3 is 10.6 Å². The van der Waals surface area contributed by atoms with Gasteiger partial charge in [0.05, 0.1) is 11.5 Å². The van der Waals surface area contributed by atoms with Gasteiger partial charge in [-0.05, 0) is 38.3 Å². The van der Waals surface area contributed by atoms with Gasteiger partial charge in [-0.1, -0.05) is 0 Å². The third kappa shape index (κ3) is 5.28. The molecule has 1 aliphatic heterocycles. The molecular weight excluding hydrogens is 318 g/mol. The molecule has 5 nitrogen and oxygen atoms in total. The highest BCUT2D eigenvalue weighted by molar-refractivity contribution is 7.91. The number of sulfone groups is 1. The number of hydrogen-bond donors (Lipinski definition) is 2. The van der Waals surface area contributed by atoms with Gasteiger partial charge in [-0.2, -0.15) is 0 Å². The molecule has 2 atom stereocenters. The smallest absolute Gasteiger partial charge is 0.191 e. The summed E-state index contributed by atoms with van der Waals surface area (Å²) in [5.74, 6) is 1.55. The normalized spacial score (nSPS) is 22.5. The average molecular weight is 344 g/mol. The lowest BCUT2D eigenvalue weighted by Gasteiger charge is -2.18. The van der Waals surface area contributed by atoms with Crippen molar-refractivity contribution in [2.75, 3.05) is 25.1 Å². The molecule has 124 valence electrons. The molecule has 22 heavy (non-hydrogen) atoms. The maximum atomic E-state index is 11.5. The first kappa shape index (κ1) is 17.3. The summed E-state index contributed by atoms with van der Waals surface area (Å²) in [5.41, 5.74) is 0. The first-order valence-corrected chi connectivity index (χ1v) is 10.2. The van der Waals surface area contributed by atoms with Gasteiger partial charge in [0.1, 0.15) is 0 Å². The highest BCUT2D eigenvalue weighted by Crippen LogP contribution is 2.18. The lowest BCUT2D eigenvalue weighted by atomic mass is 10.1. The van der Waals surface area contributed by atoms with Crippen LogP contribution in [0.2, 0.25) is 0 Å². The van der Waals surface area contributed by atoms with E-state index in [0.717, 1.165) is 18.8 Å². The van der Waals surface area contributed by atoms with Crippen LogP contribution in [0.5, 0.6) is 0 Å². The fourth-order valence-electron chi connectivity index (χ4n) is 2.65. The number of guanidine groups is 1. The number of nitrogens with zero attached hydrogens (tertiary/aromatic N) is 1. The summed E-state index contributed by atoms with van der Waals surface area (Å²) in [6, 6.07) is 4.58. The highest BCUT2D eigenvalue weighted by atomic mass is 32.2. The van der Waals surface area contributed by atoms with E-state index in [4.69, 9.17) is 0 Å². The largest absolute Gasteiger partial charge is 0.356 e. The van der Waals surface area contributed by atoms with Crippen LogP contribution in [0.3, 0.4) is 0 Å². The van der Waals surface area contributed by atoms with E-state index in [0.29, 0.717) is 18.1 Å². The van der Waals surface area contributed by atoms with Crippen molar-refractivity contribution < 1.29 is 8.42 Å². The number of nitrogens with one attached hydrogen (secondary N) is 2. The van der Waals surface area contributed by atoms with Crippen LogP contribution in [0.25, 0.3) is 0 Å². The Morgan fingerprint density at radius 3 is 2.82 bits per heavy atom. The van der Waals surface area contributed by atoms with E-state index in [9.17, 15) is 8.42 Å². The van der Waals surface area contributed by atoms with Crippen molar-refractivity contribution in [3.8, 4) is 0 Å². The Hall–Kier alpha value is -1.08. The molecule has 0 radical (unpaired) electrons. The molecule has 1 saturated heterocycles. The second-order valence-corrected chi connectivity index (χ2v) is 9.59. The second kappa shape index (κ2) is 7.46. The standard InChI is InChI=1S/C15H25N3O2S2/c1-11(8-14-5-4-12(2)21-14)18-15(16-3)17-9-13-6-7-22(19,20)10-13/h4-5,11,13H,6-10H2,1-3H3,(H2,16,17,18). The van der Waals surface area contributed by atoms with Crippen molar-refractivity contribution in [2.24, 2.45) is 10.9 Å². The molecule has 1 fully saturated rings. The fraction of sp³-hybridized carbons (Fsp3) is 0.667. The van der Waals surface area contributed by atoms with Gasteiger partial charge in [0.25, 0.3) is 0 Å². The number of aryl methyl sites for hydroxylation is 1. The fourth-order valence-corrected chi connectivity index (χ4v) is 5.53. The molecule has 0 spiro atoms. The molecule has 0 aliphatic carbocycles. The number of thiophene rings is 1. The van der Waals surface area contributed by atoms with Gasteiger partial charge in [-0.3, -0.25) is 4.99 Å². The summed E-state index contributed by atoms with van der Waals surface area (Å²) in [7, 11) is -1.07. The Morgan fingerprint density at radius 2 is 2.27 bits per heavy atom. The Kier molecular flexibility index (Phi) is 5.86. The SMILES string of the molecule is CN=C(NCC1CCS(=O)(=O)C1)NC(C)Cc1ccc(C)s1. The molecule has 0 saturated carbocycles. The summed E-state index contributed by atoms with van der Waals surface area (Å²) in [5, 5.41) is 6.61. The Balaban J connectivity index is 1.77. The monoisotopic (exact) mass is 343 g/mol. The maximum absolute atomic E-state index is 11.5. The van der Waals surface area contributed by atoms with E-state index < -0.39 is 9.84 Å². The zero-order chi connectivity index (χ0) is 16.2. The summed E-state index contributed by atoms with van der Waals surface area (Å²) < 4.78 is 22.9. The van der Waals surface area contributed by atoms with Crippen LogP contribution in [0, 0.1) is 12.8 Å². The molecule has 2 unspecified atom stereocenters. The molecular formula is C15H25N3O2S2. The van der Waals surface area contributed by atoms with Gasteiger partial charge in [0.2, 0.25) is 0 Å². The van der Waals surface area contributed by atoms with Crippen LogP contribution >= 0.6 is 11.3 Å². The van der Waals surface area contributed by atoms with E-state index in [2.05, 4.69) is 41.6 Å². The van der Waals surface area contributed by atoms with Crippen molar-refractivity contribution in [2.45, 2.75) is 32.7 Å². The molecule has 0 amide bonds. The summed E-state index contributed by atoms with van der Waals surface area (Å²) in [6.07, 6.45) is 1.70. The third-order valence-electron chi connectivity index (χ3n) is 3.80. The molecule has 2 rings (SSSR count). The lowest BCUT2D eigenvalue weighted by molar-refractivity contribution is 0.559. The predicted octanol–water partition coefficient (Wildman–Crippen LogP) is 1.59. The first-order valence-electron chi connectivity index (χ1n) is 7.61. The van der Waals surface area contributed by atoms with E-state index in [-0.39, 0.29) is 12.0 Å². The van der Waals surface area contributed by atoms with Gasteiger partial charge in [-0.25, -0.2) is 8.42 Å². The molecule has 7 heteroatoms. The van der Waals surface area contributed by atoms with Gasteiger partial charge in [0, 0.05) is 35.8 Å². The number of aliphatic imine (C=N–C) groups is 1. The van der Waals surface area contributed by atoms with Crippen molar-refractivity contribution >= 4 is 27.1 Å². The molecule has 2 N–H and O–H groups in total. The number of rotatable bonds is 5. The topological polar surface area (TPSA) is 70.6 Å². The second-order valence-electron chi connectivity index (χ2n) is 5.98. The van der Waals surface area contributed by atoms with Crippen molar-refractivity contribution in [3.63, 3.8) is 0 Å². The minimum absolute atomic E-state index is 0.193. The quantitative estimate of drug-likeness (QED) is 0.629. The molecule has 1 aliphatic rings.